The summed E-state index contributed by atoms with van der Waals surface area (Å²) in [6, 6.07) is 0. The van der Waals surface area contributed by atoms with Crippen LogP contribution in [-0.4, -0.2) is 18.3 Å². The molecular formula is C7H14N2. The third-order valence-corrected chi connectivity index (χ3v) is 1.25. The van der Waals surface area contributed by atoms with Gasteiger partial charge in [0.2, 0.25) is 0 Å². The quantitative estimate of drug-likeness (QED) is 0.453. The van der Waals surface area contributed by atoms with Crippen LogP contribution in [0.25, 0.3) is 0 Å². The van der Waals surface area contributed by atoms with Gasteiger partial charge in [-0.3, -0.25) is 5.41 Å². The maximum absolute atomic E-state index is 6.88. The first-order valence-electron chi connectivity index (χ1n) is 3.12. The van der Waals surface area contributed by atoms with Gasteiger partial charge in [-0.2, -0.15) is 0 Å². The Bertz CT molecular complexity index is 116. The van der Waals surface area contributed by atoms with E-state index in [4.69, 9.17) is 5.41 Å². The Hall–Kier alpha value is -0.790. The van der Waals surface area contributed by atoms with Crippen molar-refractivity contribution in [3.63, 3.8) is 0 Å². The van der Waals surface area contributed by atoms with Crippen molar-refractivity contribution in [1.29, 1.82) is 5.41 Å². The Kier molecular flexibility index (Phi) is 3.76. The highest BCUT2D eigenvalue weighted by atomic mass is 15.1. The second-order valence-electron chi connectivity index (χ2n) is 1.99. The molecule has 0 aromatic rings. The molecule has 0 rings (SSSR count). The van der Waals surface area contributed by atoms with E-state index >= 15 is 0 Å². The Morgan fingerprint density at radius 2 is 2.22 bits per heavy atom. The van der Waals surface area contributed by atoms with Gasteiger partial charge in [0.25, 0.3) is 0 Å². The van der Waals surface area contributed by atoms with Gasteiger partial charge in [0.1, 0.15) is 0 Å². The van der Waals surface area contributed by atoms with Crippen molar-refractivity contribution < 1.29 is 0 Å². The summed E-state index contributed by atoms with van der Waals surface area (Å²) >= 11 is 0. The summed E-state index contributed by atoms with van der Waals surface area (Å²) in [5.74, 6) is 0. The lowest BCUT2D eigenvalue weighted by Crippen LogP contribution is -2.11. The van der Waals surface area contributed by atoms with Crippen molar-refractivity contribution in [2.75, 3.05) is 7.05 Å². The molecule has 0 aromatic carbocycles. The van der Waals surface area contributed by atoms with E-state index in [1.807, 2.05) is 14.0 Å². The molecule has 0 atom stereocenters. The molecule has 0 aliphatic rings. The van der Waals surface area contributed by atoms with Crippen LogP contribution < -0.4 is 0 Å². The second kappa shape index (κ2) is 4.13. The molecule has 0 amide bonds. The zero-order valence-corrected chi connectivity index (χ0v) is 6.31. The van der Waals surface area contributed by atoms with Crippen molar-refractivity contribution in [1.82, 2.24) is 4.90 Å². The maximum Gasteiger partial charge on any atom is 0.0856 e. The first kappa shape index (κ1) is 8.21. The van der Waals surface area contributed by atoms with Crippen LogP contribution in [0, 0.1) is 5.41 Å². The minimum Gasteiger partial charge on any atom is -0.340 e. The molecule has 0 aromatic heterocycles. The van der Waals surface area contributed by atoms with E-state index in [1.165, 1.54) is 6.34 Å². The van der Waals surface area contributed by atoms with Crippen LogP contribution in [0.5, 0.6) is 0 Å². The molecule has 0 saturated carbocycles. The fraction of sp³-hybridized carbons (Fsp3) is 0.571. The van der Waals surface area contributed by atoms with Gasteiger partial charge < -0.3 is 4.90 Å². The summed E-state index contributed by atoms with van der Waals surface area (Å²) in [5, 5.41) is 6.88. The van der Waals surface area contributed by atoms with Gasteiger partial charge >= 0.3 is 0 Å². The van der Waals surface area contributed by atoms with Gasteiger partial charge in [-0.15, -0.1) is 0 Å². The summed E-state index contributed by atoms with van der Waals surface area (Å²) in [4.78, 5) is 1.78. The normalized spacial score (nSPS) is 11.2. The van der Waals surface area contributed by atoms with E-state index in [0.717, 1.165) is 12.1 Å². The maximum atomic E-state index is 6.88. The molecular weight excluding hydrogens is 112 g/mol. The van der Waals surface area contributed by atoms with Crippen molar-refractivity contribution in [2.24, 2.45) is 0 Å². The highest BCUT2D eigenvalue weighted by molar-refractivity contribution is 5.53. The second-order valence-corrected chi connectivity index (χ2v) is 1.99. The third-order valence-electron chi connectivity index (χ3n) is 1.25. The predicted molar refractivity (Wildman–Crippen MR) is 40.6 cm³/mol. The number of nitrogens with zero attached hydrogens (tertiary/aromatic N) is 1. The molecule has 0 spiro atoms. The molecule has 0 aliphatic heterocycles. The monoisotopic (exact) mass is 126 g/mol. The lowest BCUT2D eigenvalue weighted by Gasteiger charge is -2.11. The smallest absolute Gasteiger partial charge is 0.0856 e. The summed E-state index contributed by atoms with van der Waals surface area (Å²) in [6.45, 7) is 4.08. The van der Waals surface area contributed by atoms with Gasteiger partial charge in [-0.1, -0.05) is 13.0 Å². The van der Waals surface area contributed by atoms with Gasteiger partial charge in [0.05, 0.1) is 6.34 Å². The molecule has 0 bridgehead atoms. The highest BCUT2D eigenvalue weighted by Gasteiger charge is 1.89. The Morgan fingerprint density at radius 1 is 1.67 bits per heavy atom. The minimum atomic E-state index is 1.03. The molecule has 0 aliphatic carbocycles. The van der Waals surface area contributed by atoms with Crippen LogP contribution in [0.15, 0.2) is 11.8 Å². The van der Waals surface area contributed by atoms with Crippen molar-refractivity contribution >= 4 is 6.34 Å². The largest absolute Gasteiger partial charge is 0.340 e. The molecule has 9 heavy (non-hydrogen) atoms. The van der Waals surface area contributed by atoms with Crippen molar-refractivity contribution in [3.8, 4) is 0 Å². The molecule has 0 fully saturated rings. The zero-order chi connectivity index (χ0) is 7.28. The number of allylic oxidation sites excluding steroid dienone is 2. The molecule has 0 saturated heterocycles. The fourth-order valence-electron chi connectivity index (χ4n) is 0.541. The number of nitrogens with one attached hydrogen (secondary N) is 1. The fourth-order valence-corrected chi connectivity index (χ4v) is 0.541. The van der Waals surface area contributed by atoms with Gasteiger partial charge in [-0.05, 0) is 13.3 Å². The van der Waals surface area contributed by atoms with Crippen LogP contribution in [0.3, 0.4) is 0 Å². The number of rotatable bonds is 3. The van der Waals surface area contributed by atoms with Crippen LogP contribution in [0.2, 0.25) is 0 Å². The Morgan fingerprint density at radius 3 is 2.56 bits per heavy atom. The first-order valence-corrected chi connectivity index (χ1v) is 3.12. The molecule has 2 heteroatoms. The molecule has 0 unspecified atom stereocenters. The average Bonchev–Trinajstić information content (AvgIpc) is 1.87. The molecule has 1 N–H and O–H groups in total. The van der Waals surface area contributed by atoms with Crippen molar-refractivity contribution in [3.05, 3.63) is 11.8 Å². The van der Waals surface area contributed by atoms with Crippen molar-refractivity contribution in [2.45, 2.75) is 20.3 Å². The van der Waals surface area contributed by atoms with Crippen LogP contribution >= 0.6 is 0 Å². The van der Waals surface area contributed by atoms with E-state index in [9.17, 15) is 0 Å². The number of hydrogen-bond acceptors (Lipinski definition) is 1. The summed E-state index contributed by atoms with van der Waals surface area (Å²) in [5.41, 5.74) is 1.13. The standard InChI is InChI=1S/C7H14N2/c1-4-5-7(2)9(3)6-8/h5-6,8H,4H2,1-3H3/b7-5+,8-6?. The Balaban J connectivity index is 3.84. The minimum absolute atomic E-state index is 1.03. The molecule has 2 nitrogen and oxygen atoms in total. The van der Waals surface area contributed by atoms with E-state index in [0.29, 0.717) is 0 Å². The molecule has 0 heterocycles. The van der Waals surface area contributed by atoms with E-state index in [2.05, 4.69) is 13.0 Å². The van der Waals surface area contributed by atoms with Crippen LogP contribution in [-0.2, 0) is 0 Å². The summed E-state index contributed by atoms with van der Waals surface area (Å²) < 4.78 is 0. The lowest BCUT2D eigenvalue weighted by molar-refractivity contribution is 0.637. The topological polar surface area (TPSA) is 27.1 Å². The van der Waals surface area contributed by atoms with E-state index in [1.54, 1.807) is 4.90 Å². The van der Waals surface area contributed by atoms with E-state index < -0.39 is 0 Å². The van der Waals surface area contributed by atoms with Gasteiger partial charge in [0.15, 0.2) is 0 Å². The van der Waals surface area contributed by atoms with Gasteiger partial charge in [-0.25, -0.2) is 0 Å². The van der Waals surface area contributed by atoms with Crippen LogP contribution in [0.1, 0.15) is 20.3 Å². The summed E-state index contributed by atoms with van der Waals surface area (Å²) in [7, 11) is 1.87. The molecule has 0 radical (unpaired) electrons. The average molecular weight is 126 g/mol. The molecule has 52 valence electrons. The third kappa shape index (κ3) is 2.90. The first-order chi connectivity index (χ1) is 4.22. The van der Waals surface area contributed by atoms with Crippen LogP contribution in [0.4, 0.5) is 0 Å². The predicted octanol–water partition coefficient (Wildman–Crippen LogP) is 1.84. The zero-order valence-electron chi connectivity index (χ0n) is 6.31. The number of hydrogen-bond donors (Lipinski definition) is 1. The highest BCUT2D eigenvalue weighted by Crippen LogP contribution is 1.97. The summed E-state index contributed by atoms with van der Waals surface area (Å²) in [6.07, 6.45) is 4.43. The Labute approximate surface area is 56.7 Å². The van der Waals surface area contributed by atoms with E-state index in [-0.39, 0.29) is 0 Å². The SMILES string of the molecule is CC/C=C(\C)N(C)C=N. The lowest BCUT2D eigenvalue weighted by atomic mass is 10.3. The van der Waals surface area contributed by atoms with Gasteiger partial charge in [0, 0.05) is 12.7 Å².